The average Bonchev–Trinajstić information content (AvgIpc) is 2.48. The van der Waals surface area contributed by atoms with Crippen LogP contribution >= 0.6 is 0 Å². The third kappa shape index (κ3) is 3.09. The summed E-state index contributed by atoms with van der Waals surface area (Å²) in [6, 6.07) is 4.04. The highest BCUT2D eigenvalue weighted by Crippen LogP contribution is 2.44. The van der Waals surface area contributed by atoms with Crippen molar-refractivity contribution in [2.45, 2.75) is 58.2 Å². The molecule has 21 heavy (non-hydrogen) atoms. The van der Waals surface area contributed by atoms with Gasteiger partial charge in [-0.15, -0.1) is 0 Å². The molecule has 0 saturated heterocycles. The molecule has 0 amide bonds. The first-order chi connectivity index (χ1) is 9.93. The van der Waals surface area contributed by atoms with Gasteiger partial charge < -0.3 is 14.6 Å². The van der Waals surface area contributed by atoms with E-state index in [0.29, 0.717) is 5.92 Å². The molecule has 3 heteroatoms. The topological polar surface area (TPSA) is 38.7 Å². The molecule has 1 aliphatic rings. The van der Waals surface area contributed by atoms with Gasteiger partial charge in [0.15, 0.2) is 0 Å². The highest BCUT2D eigenvalue weighted by molar-refractivity contribution is 5.43. The fraction of sp³-hybridized carbons (Fsp3) is 0.667. The molecule has 0 radical (unpaired) electrons. The van der Waals surface area contributed by atoms with E-state index >= 15 is 0 Å². The summed E-state index contributed by atoms with van der Waals surface area (Å²) in [5, 5.41) is 11.0. The number of rotatable bonds is 4. The van der Waals surface area contributed by atoms with Gasteiger partial charge in [-0.3, -0.25) is 0 Å². The molecule has 3 nitrogen and oxygen atoms in total. The Morgan fingerprint density at radius 2 is 1.95 bits per heavy atom. The van der Waals surface area contributed by atoms with Crippen LogP contribution in [0, 0.1) is 19.8 Å². The molecule has 3 unspecified atom stereocenters. The van der Waals surface area contributed by atoms with Crippen LogP contribution in [0.5, 0.6) is 5.75 Å². The molecule has 0 heterocycles. The number of aryl methyl sites for hydroxylation is 2. The fourth-order valence-corrected chi connectivity index (χ4v) is 3.70. The average molecular weight is 292 g/mol. The van der Waals surface area contributed by atoms with Crippen molar-refractivity contribution < 1.29 is 14.6 Å². The van der Waals surface area contributed by atoms with Gasteiger partial charge in [0.05, 0.1) is 12.7 Å². The first kappa shape index (κ1) is 16.3. The number of aliphatic hydroxyl groups is 1. The predicted molar refractivity (Wildman–Crippen MR) is 84.8 cm³/mol. The van der Waals surface area contributed by atoms with Crippen molar-refractivity contribution in [3.63, 3.8) is 0 Å². The lowest BCUT2D eigenvalue weighted by Gasteiger charge is -2.43. The van der Waals surface area contributed by atoms with Gasteiger partial charge in [0.25, 0.3) is 0 Å². The lowest BCUT2D eigenvalue weighted by molar-refractivity contribution is -0.134. The Kier molecular flexibility index (Phi) is 4.95. The van der Waals surface area contributed by atoms with Crippen molar-refractivity contribution in [3.8, 4) is 5.75 Å². The second-order valence-electron chi connectivity index (χ2n) is 6.55. The molecular weight excluding hydrogens is 264 g/mol. The Labute approximate surface area is 128 Å². The molecule has 1 N–H and O–H groups in total. The Morgan fingerprint density at radius 1 is 1.24 bits per heavy atom. The van der Waals surface area contributed by atoms with Crippen molar-refractivity contribution in [3.05, 3.63) is 28.8 Å². The number of aliphatic hydroxyl groups excluding tert-OH is 1. The molecule has 1 fully saturated rings. The third-order valence-corrected chi connectivity index (χ3v) is 4.97. The third-order valence-electron chi connectivity index (χ3n) is 4.97. The van der Waals surface area contributed by atoms with E-state index in [1.54, 1.807) is 14.2 Å². The van der Waals surface area contributed by atoms with Gasteiger partial charge in [-0.2, -0.15) is 0 Å². The molecule has 0 aromatic heterocycles. The summed E-state index contributed by atoms with van der Waals surface area (Å²) in [5.41, 5.74) is 2.61. The zero-order valence-electron chi connectivity index (χ0n) is 13.9. The van der Waals surface area contributed by atoms with Gasteiger partial charge in [-0.1, -0.05) is 19.8 Å². The van der Waals surface area contributed by atoms with E-state index in [4.69, 9.17) is 9.47 Å². The second-order valence-corrected chi connectivity index (χ2v) is 6.55. The van der Waals surface area contributed by atoms with Gasteiger partial charge in [0.2, 0.25) is 0 Å². The van der Waals surface area contributed by atoms with E-state index in [1.165, 1.54) is 6.42 Å². The monoisotopic (exact) mass is 292 g/mol. The minimum absolute atomic E-state index is 0.455. The summed E-state index contributed by atoms with van der Waals surface area (Å²) in [5.74, 6) is 1.46. The van der Waals surface area contributed by atoms with Crippen molar-refractivity contribution in [1.82, 2.24) is 0 Å². The van der Waals surface area contributed by atoms with E-state index in [1.807, 2.05) is 26.0 Å². The highest BCUT2D eigenvalue weighted by atomic mass is 16.5. The first-order valence-corrected chi connectivity index (χ1v) is 7.82. The Hall–Kier alpha value is -1.06. The van der Waals surface area contributed by atoms with Gasteiger partial charge in [0.1, 0.15) is 11.9 Å². The summed E-state index contributed by atoms with van der Waals surface area (Å²) in [7, 11) is 3.41. The van der Waals surface area contributed by atoms with E-state index in [9.17, 15) is 5.11 Å². The highest BCUT2D eigenvalue weighted by Gasteiger charge is 2.42. The molecule has 0 aliphatic heterocycles. The SMILES string of the molecule is COc1cc(C)c(C(O)C2(OC)CCCC(C)C2)cc1C. The van der Waals surface area contributed by atoms with Crippen LogP contribution in [0.4, 0.5) is 0 Å². The molecule has 2 rings (SSSR count). The molecular formula is C18H28O3. The number of benzene rings is 1. The molecule has 1 saturated carbocycles. The van der Waals surface area contributed by atoms with E-state index in [0.717, 1.165) is 41.7 Å². The van der Waals surface area contributed by atoms with Gasteiger partial charge >= 0.3 is 0 Å². The number of hydrogen-bond donors (Lipinski definition) is 1. The standard InChI is InChI=1S/C18H28O3/c1-12-7-6-8-18(11-12,21-5)17(19)15-9-14(3)16(20-4)10-13(15)2/h9-10,12,17,19H,6-8,11H2,1-5H3. The maximum absolute atomic E-state index is 11.0. The summed E-state index contributed by atoms with van der Waals surface area (Å²) in [4.78, 5) is 0. The Morgan fingerprint density at radius 3 is 2.52 bits per heavy atom. The van der Waals surface area contributed by atoms with Crippen molar-refractivity contribution in [1.29, 1.82) is 0 Å². The maximum Gasteiger partial charge on any atom is 0.122 e. The molecule has 1 aliphatic carbocycles. The normalized spacial score (nSPS) is 27.4. The van der Waals surface area contributed by atoms with E-state index in [-0.39, 0.29) is 0 Å². The van der Waals surface area contributed by atoms with Crippen LogP contribution in [-0.4, -0.2) is 24.9 Å². The minimum Gasteiger partial charge on any atom is -0.496 e. The number of methoxy groups -OCH3 is 2. The number of ether oxygens (including phenoxy) is 2. The summed E-state index contributed by atoms with van der Waals surface area (Å²) in [6.45, 7) is 6.28. The van der Waals surface area contributed by atoms with Gasteiger partial charge in [-0.25, -0.2) is 0 Å². The van der Waals surface area contributed by atoms with Crippen LogP contribution in [0.25, 0.3) is 0 Å². The lowest BCUT2D eigenvalue weighted by Crippen LogP contribution is -2.43. The Bertz CT molecular complexity index is 497. The molecule has 1 aromatic rings. The molecule has 0 spiro atoms. The maximum atomic E-state index is 11.0. The molecule has 118 valence electrons. The van der Waals surface area contributed by atoms with Crippen LogP contribution in [0.1, 0.15) is 55.4 Å². The van der Waals surface area contributed by atoms with E-state index in [2.05, 4.69) is 6.92 Å². The van der Waals surface area contributed by atoms with Gasteiger partial charge in [-0.05, 0) is 61.4 Å². The van der Waals surface area contributed by atoms with Crippen molar-refractivity contribution >= 4 is 0 Å². The van der Waals surface area contributed by atoms with Crippen LogP contribution < -0.4 is 4.74 Å². The van der Waals surface area contributed by atoms with Crippen LogP contribution in [-0.2, 0) is 4.74 Å². The molecule has 0 bridgehead atoms. The van der Waals surface area contributed by atoms with Crippen LogP contribution in [0.15, 0.2) is 12.1 Å². The summed E-state index contributed by atoms with van der Waals surface area (Å²) in [6.07, 6.45) is 3.57. The van der Waals surface area contributed by atoms with Crippen LogP contribution in [0.2, 0.25) is 0 Å². The largest absolute Gasteiger partial charge is 0.496 e. The molecule has 1 aromatic carbocycles. The van der Waals surface area contributed by atoms with Gasteiger partial charge in [0, 0.05) is 7.11 Å². The second kappa shape index (κ2) is 6.37. The number of hydrogen-bond acceptors (Lipinski definition) is 3. The quantitative estimate of drug-likeness (QED) is 0.913. The Balaban J connectivity index is 2.38. The minimum atomic E-state index is -0.588. The summed E-state index contributed by atoms with van der Waals surface area (Å²) >= 11 is 0. The zero-order chi connectivity index (χ0) is 15.6. The fourth-order valence-electron chi connectivity index (χ4n) is 3.70. The molecule has 3 atom stereocenters. The summed E-state index contributed by atoms with van der Waals surface area (Å²) < 4.78 is 11.2. The van der Waals surface area contributed by atoms with Crippen molar-refractivity contribution in [2.24, 2.45) is 5.92 Å². The van der Waals surface area contributed by atoms with Crippen molar-refractivity contribution in [2.75, 3.05) is 14.2 Å². The predicted octanol–water partition coefficient (Wildman–Crippen LogP) is 3.94. The smallest absolute Gasteiger partial charge is 0.122 e. The lowest BCUT2D eigenvalue weighted by atomic mass is 9.73. The van der Waals surface area contributed by atoms with E-state index < -0.39 is 11.7 Å². The van der Waals surface area contributed by atoms with Crippen LogP contribution in [0.3, 0.4) is 0 Å². The first-order valence-electron chi connectivity index (χ1n) is 7.82. The zero-order valence-corrected chi connectivity index (χ0v) is 13.9.